The summed E-state index contributed by atoms with van der Waals surface area (Å²) in [6, 6.07) is 7.66. The minimum atomic E-state index is -0.285. The molecule has 2 aromatic heterocycles. The molecule has 3 rings (SSSR count). The van der Waals surface area contributed by atoms with Crippen LogP contribution in [-0.4, -0.2) is 31.3 Å². The summed E-state index contributed by atoms with van der Waals surface area (Å²) in [5, 5.41) is 7.62. The van der Waals surface area contributed by atoms with Crippen molar-refractivity contribution in [3.8, 4) is 0 Å². The first kappa shape index (κ1) is 12.7. The number of carbonyl (C=O) groups excluding carboxylic acids is 1. The Kier molecular flexibility index (Phi) is 3.19. The van der Waals surface area contributed by atoms with Gasteiger partial charge in [0.1, 0.15) is 0 Å². The van der Waals surface area contributed by atoms with Gasteiger partial charge < -0.3 is 4.98 Å². The fraction of sp³-hybridized carbons (Fsp3) is 0.154. The summed E-state index contributed by atoms with van der Waals surface area (Å²) in [5.41, 5.74) is 1.31. The summed E-state index contributed by atoms with van der Waals surface area (Å²) in [5.74, 6) is 0.239. The number of para-hydroxylation sites is 1. The molecule has 2 N–H and O–H groups in total. The first-order valence-electron chi connectivity index (χ1n) is 6.00. The number of aromatic nitrogens is 4. The van der Waals surface area contributed by atoms with E-state index in [0.29, 0.717) is 10.7 Å². The fourth-order valence-electron chi connectivity index (χ4n) is 1.97. The number of fused-ring (bicyclic) bond motifs is 1. The Hall–Kier alpha value is -2.28. The van der Waals surface area contributed by atoms with Gasteiger partial charge in [-0.3, -0.25) is 9.36 Å². The number of aromatic amines is 2. The number of nitrogens with zero attached hydrogens (tertiary/aromatic N) is 2. The highest BCUT2D eigenvalue weighted by Gasteiger charge is 2.14. The molecule has 102 valence electrons. The molecule has 0 bridgehead atoms. The van der Waals surface area contributed by atoms with Crippen molar-refractivity contribution >= 4 is 28.4 Å². The first-order chi connectivity index (χ1) is 9.66. The predicted molar refractivity (Wildman–Crippen MR) is 77.2 cm³/mol. The van der Waals surface area contributed by atoms with Gasteiger partial charge in [0.2, 0.25) is 0 Å². The number of ketones is 1. The van der Waals surface area contributed by atoms with E-state index in [1.165, 1.54) is 16.3 Å². The Bertz CT molecular complexity index is 830. The van der Waals surface area contributed by atoms with E-state index in [0.717, 1.165) is 10.9 Å². The highest BCUT2D eigenvalue weighted by Crippen LogP contribution is 2.21. The number of rotatable bonds is 4. The SMILES string of the molecule is Cn1c(SCC(=O)c2c[nH]c3ccccc23)n[nH]c1=O. The molecule has 0 atom stereocenters. The van der Waals surface area contributed by atoms with Gasteiger partial charge in [0, 0.05) is 29.7 Å². The highest BCUT2D eigenvalue weighted by molar-refractivity contribution is 7.99. The topological polar surface area (TPSA) is 83.5 Å². The number of hydrogen-bond acceptors (Lipinski definition) is 4. The van der Waals surface area contributed by atoms with Crippen molar-refractivity contribution in [3.63, 3.8) is 0 Å². The summed E-state index contributed by atoms with van der Waals surface area (Å²) in [6.45, 7) is 0. The minimum Gasteiger partial charge on any atom is -0.360 e. The second-order valence-corrected chi connectivity index (χ2v) is 5.27. The average Bonchev–Trinajstić information content (AvgIpc) is 3.02. The number of nitrogens with one attached hydrogen (secondary N) is 2. The molecule has 0 aliphatic carbocycles. The number of benzene rings is 1. The standard InChI is InChI=1S/C13H12N4O2S/c1-17-12(19)15-16-13(17)20-7-11(18)9-6-14-10-5-3-2-4-8(9)10/h2-6,14H,7H2,1H3,(H,15,19). The molecule has 0 spiro atoms. The molecule has 2 heterocycles. The van der Waals surface area contributed by atoms with Gasteiger partial charge in [0.25, 0.3) is 0 Å². The van der Waals surface area contributed by atoms with Crippen molar-refractivity contribution in [2.24, 2.45) is 7.05 Å². The Morgan fingerprint density at radius 1 is 1.40 bits per heavy atom. The van der Waals surface area contributed by atoms with E-state index in [4.69, 9.17) is 0 Å². The molecule has 7 heteroatoms. The fourth-order valence-corrected chi connectivity index (χ4v) is 2.77. The van der Waals surface area contributed by atoms with Crippen LogP contribution >= 0.6 is 11.8 Å². The van der Waals surface area contributed by atoms with Gasteiger partial charge in [-0.1, -0.05) is 30.0 Å². The van der Waals surface area contributed by atoms with Crippen molar-refractivity contribution in [3.05, 3.63) is 46.5 Å². The molecule has 0 unspecified atom stereocenters. The van der Waals surface area contributed by atoms with Crippen LogP contribution in [0.25, 0.3) is 10.9 Å². The quantitative estimate of drug-likeness (QED) is 0.564. The Morgan fingerprint density at radius 2 is 2.20 bits per heavy atom. The van der Waals surface area contributed by atoms with Crippen LogP contribution in [0.3, 0.4) is 0 Å². The van der Waals surface area contributed by atoms with E-state index in [9.17, 15) is 9.59 Å². The summed E-state index contributed by atoms with van der Waals surface area (Å²) in [4.78, 5) is 26.6. The van der Waals surface area contributed by atoms with E-state index >= 15 is 0 Å². The van der Waals surface area contributed by atoms with Gasteiger partial charge in [-0.25, -0.2) is 9.89 Å². The van der Waals surface area contributed by atoms with Crippen LogP contribution in [0.4, 0.5) is 0 Å². The number of hydrogen-bond donors (Lipinski definition) is 2. The summed E-state index contributed by atoms with van der Waals surface area (Å²) in [7, 11) is 1.62. The zero-order chi connectivity index (χ0) is 14.1. The van der Waals surface area contributed by atoms with Crippen LogP contribution in [0.5, 0.6) is 0 Å². The van der Waals surface area contributed by atoms with Crippen molar-refractivity contribution in [1.29, 1.82) is 0 Å². The van der Waals surface area contributed by atoms with E-state index in [2.05, 4.69) is 15.2 Å². The zero-order valence-corrected chi connectivity index (χ0v) is 11.5. The number of Topliss-reactive ketones (excluding diaryl/α,β-unsaturated/α-hetero) is 1. The van der Waals surface area contributed by atoms with Crippen LogP contribution in [0.1, 0.15) is 10.4 Å². The van der Waals surface area contributed by atoms with Gasteiger partial charge in [-0.15, -0.1) is 5.10 Å². The molecule has 6 nitrogen and oxygen atoms in total. The van der Waals surface area contributed by atoms with E-state index in [1.54, 1.807) is 13.2 Å². The molecule has 20 heavy (non-hydrogen) atoms. The molecular weight excluding hydrogens is 276 g/mol. The second-order valence-electron chi connectivity index (χ2n) is 4.33. The lowest BCUT2D eigenvalue weighted by molar-refractivity contribution is 0.102. The van der Waals surface area contributed by atoms with Crippen LogP contribution in [0.15, 0.2) is 40.4 Å². The lowest BCUT2D eigenvalue weighted by Gasteiger charge is -1.99. The predicted octanol–water partition coefficient (Wildman–Crippen LogP) is 1.56. The van der Waals surface area contributed by atoms with Crippen molar-refractivity contribution in [2.45, 2.75) is 5.16 Å². The molecule has 0 radical (unpaired) electrons. The van der Waals surface area contributed by atoms with Crippen LogP contribution in [0, 0.1) is 0 Å². The lowest BCUT2D eigenvalue weighted by atomic mass is 10.1. The third kappa shape index (κ3) is 2.16. The van der Waals surface area contributed by atoms with E-state index in [-0.39, 0.29) is 17.2 Å². The molecule has 0 fully saturated rings. The number of H-pyrrole nitrogens is 2. The van der Waals surface area contributed by atoms with Crippen molar-refractivity contribution in [1.82, 2.24) is 19.7 Å². The largest absolute Gasteiger partial charge is 0.360 e. The number of thioether (sulfide) groups is 1. The molecule has 0 aliphatic rings. The van der Waals surface area contributed by atoms with Gasteiger partial charge in [0.15, 0.2) is 10.9 Å². The molecule has 3 aromatic rings. The minimum absolute atomic E-state index is 0.00268. The third-order valence-corrected chi connectivity index (χ3v) is 4.09. The second kappa shape index (κ2) is 5.01. The lowest BCUT2D eigenvalue weighted by Crippen LogP contribution is -2.13. The highest BCUT2D eigenvalue weighted by atomic mass is 32.2. The summed E-state index contributed by atoms with van der Waals surface area (Å²) < 4.78 is 1.38. The van der Waals surface area contributed by atoms with Crippen LogP contribution < -0.4 is 5.69 Å². The third-order valence-electron chi connectivity index (χ3n) is 3.06. The van der Waals surface area contributed by atoms with Gasteiger partial charge in [-0.2, -0.15) is 0 Å². The molecule has 1 aromatic carbocycles. The summed E-state index contributed by atoms with van der Waals surface area (Å²) in [6.07, 6.45) is 1.72. The maximum absolute atomic E-state index is 12.2. The van der Waals surface area contributed by atoms with Gasteiger partial charge >= 0.3 is 5.69 Å². The van der Waals surface area contributed by atoms with Crippen molar-refractivity contribution in [2.75, 3.05) is 5.75 Å². The summed E-state index contributed by atoms with van der Waals surface area (Å²) >= 11 is 1.24. The van der Waals surface area contributed by atoms with E-state index < -0.39 is 0 Å². The molecule has 0 aliphatic heterocycles. The molecule has 0 amide bonds. The van der Waals surface area contributed by atoms with Gasteiger partial charge in [-0.05, 0) is 6.07 Å². The normalized spacial score (nSPS) is 11.1. The van der Waals surface area contributed by atoms with Crippen LogP contribution in [0.2, 0.25) is 0 Å². The zero-order valence-electron chi connectivity index (χ0n) is 10.7. The molecular formula is C13H12N4O2S. The number of carbonyl (C=O) groups is 1. The molecule has 0 saturated carbocycles. The average molecular weight is 288 g/mol. The van der Waals surface area contributed by atoms with E-state index in [1.807, 2.05) is 24.3 Å². The Balaban J connectivity index is 1.80. The maximum Gasteiger partial charge on any atom is 0.343 e. The Labute approximate surface area is 118 Å². The smallest absolute Gasteiger partial charge is 0.343 e. The monoisotopic (exact) mass is 288 g/mol. The molecule has 0 saturated heterocycles. The van der Waals surface area contributed by atoms with Crippen LogP contribution in [-0.2, 0) is 7.05 Å². The van der Waals surface area contributed by atoms with Crippen molar-refractivity contribution < 1.29 is 4.79 Å². The maximum atomic E-state index is 12.2. The first-order valence-corrected chi connectivity index (χ1v) is 6.99. The van der Waals surface area contributed by atoms with Gasteiger partial charge in [0.05, 0.1) is 5.75 Å². The Morgan fingerprint density at radius 3 is 2.95 bits per heavy atom.